The molecule has 2 N–H and O–H groups in total. The third-order valence-electron chi connectivity index (χ3n) is 3.86. The monoisotopic (exact) mass is 410 g/mol. The molecule has 3 aromatic rings. The van der Waals surface area contributed by atoms with Crippen LogP contribution in [0.25, 0.3) is 0 Å². The third-order valence-corrected chi connectivity index (χ3v) is 4.74. The smallest absolute Gasteiger partial charge is 0.364 e. The van der Waals surface area contributed by atoms with Crippen LogP contribution in [0.1, 0.15) is 5.56 Å². The number of nitrogens with zero attached hydrogens (tertiary/aromatic N) is 3. The van der Waals surface area contributed by atoms with Gasteiger partial charge in [0.2, 0.25) is 0 Å². The van der Waals surface area contributed by atoms with Gasteiger partial charge in [0.05, 0.1) is 23.0 Å². The van der Waals surface area contributed by atoms with Crippen LogP contribution in [-0.2, 0) is 10.3 Å². The van der Waals surface area contributed by atoms with Crippen molar-refractivity contribution in [1.29, 1.82) is 5.26 Å². The Bertz CT molecular complexity index is 1100. The van der Waals surface area contributed by atoms with E-state index in [0.29, 0.717) is 12.3 Å². The number of pyridine rings is 1. The van der Waals surface area contributed by atoms with E-state index in [9.17, 15) is 18.2 Å². The quantitative estimate of drug-likeness (QED) is 0.432. The molecule has 0 aliphatic rings. The molecule has 0 aliphatic carbocycles. The van der Waals surface area contributed by atoms with E-state index in [1.807, 2.05) is 18.2 Å². The predicted octanol–water partition coefficient (Wildman–Crippen LogP) is 3.39. The van der Waals surface area contributed by atoms with E-state index >= 15 is 0 Å². The fraction of sp³-hybridized carbons (Fsp3) is 0.100. The second kappa shape index (κ2) is 9.05. The molecule has 8 nitrogen and oxygen atoms in total. The Labute approximate surface area is 168 Å². The van der Waals surface area contributed by atoms with E-state index in [1.165, 1.54) is 30.3 Å². The fourth-order valence-electron chi connectivity index (χ4n) is 2.66. The van der Waals surface area contributed by atoms with Crippen molar-refractivity contribution < 1.29 is 17.7 Å². The maximum atomic E-state index is 12.0. The molecule has 0 unspecified atom stereocenters. The number of para-hydroxylation sites is 1. The molecular weight excluding hydrogens is 392 g/mol. The van der Waals surface area contributed by atoms with Gasteiger partial charge < -0.3 is 10.1 Å². The number of ether oxygens (including phenoxy) is 1. The number of hydrogen-bond donors (Lipinski definition) is 2. The largest absolute Gasteiger partial charge is 0.492 e. The summed E-state index contributed by atoms with van der Waals surface area (Å²) in [6, 6.07) is 18.0. The molecule has 0 saturated heterocycles. The second-order valence-electron chi connectivity index (χ2n) is 5.92. The molecule has 1 aromatic heterocycles. The van der Waals surface area contributed by atoms with Gasteiger partial charge in [-0.25, -0.2) is 4.31 Å². The van der Waals surface area contributed by atoms with Gasteiger partial charge in [-0.2, -0.15) is 13.7 Å². The van der Waals surface area contributed by atoms with Crippen molar-refractivity contribution in [2.75, 3.05) is 22.8 Å². The van der Waals surface area contributed by atoms with E-state index in [2.05, 4.69) is 10.3 Å². The highest BCUT2D eigenvalue weighted by atomic mass is 32.2. The molecule has 0 amide bonds. The lowest BCUT2D eigenvalue weighted by atomic mass is 10.2. The van der Waals surface area contributed by atoms with Gasteiger partial charge in [-0.1, -0.05) is 18.2 Å². The van der Waals surface area contributed by atoms with Crippen LogP contribution in [0.3, 0.4) is 0 Å². The van der Waals surface area contributed by atoms with Gasteiger partial charge in [0.1, 0.15) is 12.4 Å². The molecule has 0 bridgehead atoms. The van der Waals surface area contributed by atoms with Crippen LogP contribution in [0, 0.1) is 11.3 Å². The summed E-state index contributed by atoms with van der Waals surface area (Å²) in [4.78, 5) is 3.94. The highest BCUT2D eigenvalue weighted by molar-refractivity contribution is 7.87. The molecule has 1 heterocycles. The molecule has 148 valence electrons. The Balaban J connectivity index is 1.81. The summed E-state index contributed by atoms with van der Waals surface area (Å²) in [6.07, 6.45) is 3.33. The zero-order valence-electron chi connectivity index (χ0n) is 15.3. The third kappa shape index (κ3) is 5.44. The van der Waals surface area contributed by atoms with Crippen molar-refractivity contribution in [3.05, 3.63) is 78.6 Å². The summed E-state index contributed by atoms with van der Waals surface area (Å²) in [5.74, 6) is 0.306. The van der Waals surface area contributed by atoms with Crippen LogP contribution >= 0.6 is 0 Å². The summed E-state index contributed by atoms with van der Waals surface area (Å²) >= 11 is 0. The number of hydrogen-bond acceptors (Lipinski definition) is 6. The molecule has 9 heteroatoms. The molecule has 0 aliphatic heterocycles. The summed E-state index contributed by atoms with van der Waals surface area (Å²) in [7, 11) is -4.62. The number of aromatic nitrogens is 1. The second-order valence-corrected chi connectivity index (χ2v) is 7.18. The minimum atomic E-state index is -4.62. The number of benzene rings is 2. The zero-order chi connectivity index (χ0) is 20.7. The molecule has 3 rings (SSSR count). The molecule has 0 fully saturated rings. The van der Waals surface area contributed by atoms with Crippen LogP contribution in [0.5, 0.6) is 5.75 Å². The van der Waals surface area contributed by atoms with Gasteiger partial charge in [-0.05, 0) is 36.4 Å². The molecule has 0 saturated carbocycles. The Morgan fingerprint density at radius 2 is 1.79 bits per heavy atom. The summed E-state index contributed by atoms with van der Waals surface area (Å²) in [5.41, 5.74) is 1.41. The minimum absolute atomic E-state index is 0.0924. The predicted molar refractivity (Wildman–Crippen MR) is 110 cm³/mol. The van der Waals surface area contributed by atoms with Gasteiger partial charge >= 0.3 is 10.3 Å². The first-order valence-electron chi connectivity index (χ1n) is 8.62. The van der Waals surface area contributed by atoms with Crippen molar-refractivity contribution in [2.45, 2.75) is 0 Å². The van der Waals surface area contributed by atoms with Crippen LogP contribution in [0.4, 0.5) is 17.1 Å². The Morgan fingerprint density at radius 3 is 2.45 bits per heavy atom. The first-order chi connectivity index (χ1) is 14.0. The van der Waals surface area contributed by atoms with Crippen molar-refractivity contribution in [2.24, 2.45) is 0 Å². The fourth-order valence-corrected chi connectivity index (χ4v) is 3.42. The van der Waals surface area contributed by atoms with Gasteiger partial charge in [0.15, 0.2) is 0 Å². The molecule has 0 spiro atoms. The maximum Gasteiger partial charge on any atom is 0.364 e. The average Bonchev–Trinajstić information content (AvgIpc) is 2.72. The van der Waals surface area contributed by atoms with Crippen LogP contribution in [0.2, 0.25) is 0 Å². The van der Waals surface area contributed by atoms with Gasteiger partial charge in [0, 0.05) is 30.7 Å². The molecule has 2 aromatic carbocycles. The highest BCUT2D eigenvalue weighted by Gasteiger charge is 2.23. The van der Waals surface area contributed by atoms with E-state index < -0.39 is 10.3 Å². The summed E-state index contributed by atoms with van der Waals surface area (Å²) in [6.45, 7) is 0.755. The van der Waals surface area contributed by atoms with Gasteiger partial charge in [-0.3, -0.25) is 9.54 Å². The lowest BCUT2D eigenvalue weighted by Gasteiger charge is -2.22. The normalized spacial score (nSPS) is 10.8. The first kappa shape index (κ1) is 20.1. The van der Waals surface area contributed by atoms with E-state index in [-0.39, 0.29) is 23.5 Å². The lowest BCUT2D eigenvalue weighted by molar-refractivity contribution is 0.333. The van der Waals surface area contributed by atoms with Crippen LogP contribution < -0.4 is 14.4 Å². The number of nitriles is 1. The minimum Gasteiger partial charge on any atom is -0.492 e. The van der Waals surface area contributed by atoms with Crippen molar-refractivity contribution in [3.63, 3.8) is 0 Å². The van der Waals surface area contributed by atoms with E-state index in [4.69, 9.17) is 4.74 Å². The average molecular weight is 410 g/mol. The summed E-state index contributed by atoms with van der Waals surface area (Å²) < 4.78 is 40.2. The van der Waals surface area contributed by atoms with Crippen LogP contribution in [-0.4, -0.2) is 31.1 Å². The van der Waals surface area contributed by atoms with E-state index in [0.717, 1.165) is 9.99 Å². The van der Waals surface area contributed by atoms with Gasteiger partial charge in [0.25, 0.3) is 0 Å². The SMILES string of the molecule is N#Cc1cc(OCCNc2ccncc2)cc(N(c2ccccc2)S(=O)(=O)O)c1. The van der Waals surface area contributed by atoms with Crippen molar-refractivity contribution >= 4 is 27.4 Å². The number of anilines is 3. The highest BCUT2D eigenvalue weighted by Crippen LogP contribution is 2.32. The standard InChI is InChI=1S/C20H18N4O4S/c21-15-16-12-19(24(29(25,26)27)18-4-2-1-3-5-18)14-20(13-16)28-11-10-23-17-6-8-22-9-7-17/h1-9,12-14H,10-11H2,(H,22,23)(H,25,26,27). The van der Waals surface area contributed by atoms with Crippen LogP contribution in [0.15, 0.2) is 73.1 Å². The zero-order valence-corrected chi connectivity index (χ0v) is 16.1. The molecule has 29 heavy (non-hydrogen) atoms. The molecule has 0 radical (unpaired) electrons. The molecular formula is C20H18N4O4S. The van der Waals surface area contributed by atoms with E-state index in [1.54, 1.807) is 30.6 Å². The lowest BCUT2D eigenvalue weighted by Crippen LogP contribution is -2.25. The maximum absolute atomic E-state index is 12.0. The Hall–Kier alpha value is -3.61. The van der Waals surface area contributed by atoms with Gasteiger partial charge in [-0.15, -0.1) is 0 Å². The van der Waals surface area contributed by atoms with Crippen molar-refractivity contribution in [3.8, 4) is 11.8 Å². The van der Waals surface area contributed by atoms with Crippen molar-refractivity contribution in [1.82, 2.24) is 4.98 Å². The first-order valence-corrected chi connectivity index (χ1v) is 10.0. The Kier molecular flexibility index (Phi) is 6.29. The topological polar surface area (TPSA) is 116 Å². The molecule has 0 atom stereocenters. The number of rotatable bonds is 8. The summed E-state index contributed by atoms with van der Waals surface area (Å²) in [5, 5.41) is 12.5. The Morgan fingerprint density at radius 1 is 1.07 bits per heavy atom. The number of nitrogens with one attached hydrogen (secondary N) is 1.